The fourth-order valence-electron chi connectivity index (χ4n) is 5.07. The molecule has 0 atom stereocenters. The third kappa shape index (κ3) is 6.95. The van der Waals surface area contributed by atoms with Crippen LogP contribution in [0.2, 0.25) is 5.02 Å². The lowest BCUT2D eigenvalue weighted by atomic mass is 9.96. The highest BCUT2D eigenvalue weighted by Gasteiger charge is 2.20. The zero-order valence-corrected chi connectivity index (χ0v) is 28.6. The molecule has 0 saturated carbocycles. The zero-order chi connectivity index (χ0) is 33.0. The van der Waals surface area contributed by atoms with E-state index in [1.165, 1.54) is 23.0 Å². The van der Waals surface area contributed by atoms with Crippen molar-refractivity contribution in [3.05, 3.63) is 115 Å². The van der Waals surface area contributed by atoms with Crippen LogP contribution in [0.5, 0.6) is 17.2 Å². The van der Waals surface area contributed by atoms with Crippen molar-refractivity contribution in [1.29, 1.82) is 0 Å². The van der Waals surface area contributed by atoms with Gasteiger partial charge in [0.1, 0.15) is 23.2 Å². The minimum absolute atomic E-state index is 0.0821. The third-order valence-electron chi connectivity index (χ3n) is 7.31. The van der Waals surface area contributed by atoms with Crippen LogP contribution in [0.4, 0.5) is 4.39 Å². The van der Waals surface area contributed by atoms with Crippen molar-refractivity contribution in [2.75, 3.05) is 13.2 Å². The largest absolute Gasteiger partial charge is 0.494 e. The fraction of sp³-hybridized carbons (Fsp3) is 0.250. The maximum Gasteiger partial charge on any atom is 0.282 e. The Morgan fingerprint density at radius 1 is 1.00 bits per heavy atom. The summed E-state index contributed by atoms with van der Waals surface area (Å²) in [5, 5.41) is 5.35. The molecule has 0 spiro atoms. The van der Waals surface area contributed by atoms with Crippen LogP contribution < -0.4 is 19.8 Å². The average Bonchev–Trinajstić information content (AvgIpc) is 3.03. The minimum atomic E-state index is -0.358. The highest BCUT2D eigenvalue weighted by molar-refractivity contribution is 9.10. The second kappa shape index (κ2) is 14.5. The van der Waals surface area contributed by atoms with Crippen LogP contribution in [0.25, 0.3) is 22.3 Å². The molecule has 10 heteroatoms. The van der Waals surface area contributed by atoms with E-state index in [0.717, 1.165) is 22.4 Å². The van der Waals surface area contributed by atoms with Gasteiger partial charge in [-0.05, 0) is 102 Å². The Labute approximate surface area is 280 Å². The molecule has 0 aliphatic carbocycles. The summed E-state index contributed by atoms with van der Waals surface area (Å²) in [6.07, 6.45) is 1.53. The van der Waals surface area contributed by atoms with Gasteiger partial charge in [0.05, 0.1) is 30.3 Å². The van der Waals surface area contributed by atoms with E-state index in [4.69, 9.17) is 30.8 Å². The van der Waals surface area contributed by atoms with Gasteiger partial charge in [0.2, 0.25) is 0 Å². The van der Waals surface area contributed by atoms with Gasteiger partial charge in [-0.3, -0.25) is 4.79 Å². The van der Waals surface area contributed by atoms with Gasteiger partial charge in [-0.15, -0.1) is 0 Å². The third-order valence-corrected chi connectivity index (χ3v) is 8.76. The van der Waals surface area contributed by atoms with Crippen molar-refractivity contribution in [2.45, 2.75) is 47.1 Å². The summed E-state index contributed by atoms with van der Waals surface area (Å²) in [5.41, 5.74) is 4.09. The highest BCUT2D eigenvalue weighted by Crippen LogP contribution is 2.43. The van der Waals surface area contributed by atoms with E-state index in [1.807, 2.05) is 45.0 Å². The number of ether oxygens (including phenoxy) is 3. The van der Waals surface area contributed by atoms with Gasteiger partial charge in [-0.1, -0.05) is 49.7 Å². The lowest BCUT2D eigenvalue weighted by Gasteiger charge is -2.18. The van der Waals surface area contributed by atoms with E-state index < -0.39 is 0 Å². The summed E-state index contributed by atoms with van der Waals surface area (Å²) in [7, 11) is 0. The number of para-hydroxylation sites is 1. The van der Waals surface area contributed by atoms with Crippen molar-refractivity contribution in [3.63, 3.8) is 0 Å². The summed E-state index contributed by atoms with van der Waals surface area (Å²) in [6, 6.07) is 19.1. The van der Waals surface area contributed by atoms with Crippen molar-refractivity contribution in [3.8, 4) is 28.6 Å². The van der Waals surface area contributed by atoms with Crippen molar-refractivity contribution in [1.82, 2.24) is 9.66 Å². The Bertz CT molecular complexity index is 1990. The van der Waals surface area contributed by atoms with Gasteiger partial charge in [0.15, 0.2) is 17.3 Å². The SMILES string of the molecule is CCOc1cc(C)c(-c2nc3ccccc3c(=O)n2N=Cc2cc(OCC)c(OCc3cccc(F)c3)c(Cl)c2Br)cc1C(C)C. The molecule has 238 valence electrons. The summed E-state index contributed by atoms with van der Waals surface area (Å²) in [6.45, 7) is 10.9. The maximum absolute atomic E-state index is 13.9. The molecule has 1 heterocycles. The number of nitrogens with zero attached hydrogens (tertiary/aromatic N) is 3. The zero-order valence-electron chi connectivity index (χ0n) is 26.2. The van der Waals surface area contributed by atoms with E-state index >= 15 is 0 Å². The molecule has 5 rings (SSSR count). The molecule has 0 aliphatic rings. The predicted molar refractivity (Wildman–Crippen MR) is 185 cm³/mol. The van der Waals surface area contributed by atoms with Gasteiger partial charge in [0.25, 0.3) is 5.56 Å². The van der Waals surface area contributed by atoms with Crippen LogP contribution in [0, 0.1) is 12.7 Å². The quantitative estimate of drug-likeness (QED) is 0.128. The number of aryl methyl sites for hydroxylation is 1. The summed E-state index contributed by atoms with van der Waals surface area (Å²) in [4.78, 5) is 18.9. The van der Waals surface area contributed by atoms with E-state index in [9.17, 15) is 9.18 Å². The summed E-state index contributed by atoms with van der Waals surface area (Å²) < 4.78 is 33.3. The Morgan fingerprint density at radius 2 is 1.74 bits per heavy atom. The number of benzene rings is 4. The molecular formula is C36H34BrClFN3O4. The molecule has 0 bridgehead atoms. The second-order valence-corrected chi connectivity index (χ2v) is 12.1. The van der Waals surface area contributed by atoms with E-state index in [0.29, 0.717) is 57.0 Å². The molecule has 4 aromatic carbocycles. The van der Waals surface area contributed by atoms with Gasteiger partial charge in [0, 0.05) is 15.6 Å². The predicted octanol–water partition coefficient (Wildman–Crippen LogP) is 9.31. The molecular weight excluding hydrogens is 673 g/mol. The fourth-order valence-corrected chi connectivity index (χ4v) is 5.73. The smallest absolute Gasteiger partial charge is 0.282 e. The first-order valence-electron chi connectivity index (χ1n) is 15.0. The number of rotatable bonds is 11. The minimum Gasteiger partial charge on any atom is -0.494 e. The molecule has 7 nitrogen and oxygen atoms in total. The van der Waals surface area contributed by atoms with Crippen LogP contribution in [0.15, 0.2) is 81.1 Å². The van der Waals surface area contributed by atoms with Crippen LogP contribution in [0.1, 0.15) is 55.9 Å². The Kier molecular flexibility index (Phi) is 10.4. The molecule has 0 saturated heterocycles. The summed E-state index contributed by atoms with van der Waals surface area (Å²) in [5.74, 6) is 1.68. The molecule has 0 fully saturated rings. The van der Waals surface area contributed by atoms with E-state index in [-0.39, 0.29) is 28.9 Å². The van der Waals surface area contributed by atoms with E-state index in [1.54, 1.807) is 30.3 Å². The highest BCUT2D eigenvalue weighted by atomic mass is 79.9. The molecule has 0 N–H and O–H groups in total. The molecule has 0 amide bonds. The maximum atomic E-state index is 13.9. The number of hydrogen-bond donors (Lipinski definition) is 0. The topological polar surface area (TPSA) is 74.9 Å². The first-order chi connectivity index (χ1) is 22.1. The Balaban J connectivity index is 1.63. The average molecular weight is 707 g/mol. The van der Waals surface area contributed by atoms with Crippen molar-refractivity contribution in [2.24, 2.45) is 5.10 Å². The van der Waals surface area contributed by atoms with Gasteiger partial charge < -0.3 is 14.2 Å². The van der Waals surface area contributed by atoms with Crippen LogP contribution in [0.3, 0.4) is 0 Å². The number of fused-ring (bicyclic) bond motifs is 1. The normalized spacial score (nSPS) is 11.5. The van der Waals surface area contributed by atoms with Crippen LogP contribution in [-0.2, 0) is 6.61 Å². The first kappa shape index (κ1) is 33.2. The monoisotopic (exact) mass is 705 g/mol. The van der Waals surface area contributed by atoms with Crippen LogP contribution in [-0.4, -0.2) is 29.1 Å². The van der Waals surface area contributed by atoms with Crippen molar-refractivity contribution >= 4 is 44.6 Å². The number of halogens is 3. The van der Waals surface area contributed by atoms with Crippen molar-refractivity contribution < 1.29 is 18.6 Å². The molecule has 5 aromatic rings. The molecule has 1 aromatic heterocycles. The molecule has 46 heavy (non-hydrogen) atoms. The second-order valence-electron chi connectivity index (χ2n) is 10.9. The van der Waals surface area contributed by atoms with Gasteiger partial charge >= 0.3 is 0 Å². The summed E-state index contributed by atoms with van der Waals surface area (Å²) >= 11 is 10.4. The standard InChI is InChI=1S/C36H34BrClFN3O4/c1-6-44-30-15-22(5)28(18-27(30)21(3)4)35-41-29-14-9-8-13-26(29)36(43)42(35)40-19-24-17-31(45-7-2)34(33(38)32(24)37)46-20-23-11-10-12-25(39)16-23/h8-19,21H,6-7,20H2,1-5H3. The molecule has 0 aliphatic heterocycles. The Morgan fingerprint density at radius 3 is 2.46 bits per heavy atom. The lowest BCUT2D eigenvalue weighted by molar-refractivity contribution is 0.269. The van der Waals surface area contributed by atoms with Crippen LogP contribution >= 0.6 is 27.5 Å². The molecule has 0 radical (unpaired) electrons. The Hall–Kier alpha value is -4.21. The first-order valence-corrected chi connectivity index (χ1v) is 16.2. The van der Waals surface area contributed by atoms with E-state index in [2.05, 4.69) is 34.9 Å². The van der Waals surface area contributed by atoms with Gasteiger partial charge in [-0.2, -0.15) is 9.78 Å². The molecule has 0 unspecified atom stereocenters. The van der Waals surface area contributed by atoms with Gasteiger partial charge in [-0.25, -0.2) is 9.37 Å². The number of aromatic nitrogens is 2. The lowest BCUT2D eigenvalue weighted by Crippen LogP contribution is -2.21. The number of hydrogen-bond acceptors (Lipinski definition) is 6.